The molecule has 0 saturated heterocycles. The largest absolute Gasteiger partial charge is 0.493 e. The van der Waals surface area contributed by atoms with Gasteiger partial charge in [0.15, 0.2) is 11.5 Å². The number of benzene rings is 1. The lowest BCUT2D eigenvalue weighted by molar-refractivity contribution is -0.0511. The van der Waals surface area contributed by atoms with E-state index in [0.717, 1.165) is 6.54 Å². The molecule has 0 aliphatic rings. The first-order valence-corrected chi connectivity index (χ1v) is 6.43. The molecular formula is C14H22F2N2O2. The van der Waals surface area contributed by atoms with E-state index in [1.807, 2.05) is 0 Å². The third-order valence-electron chi connectivity index (χ3n) is 2.49. The summed E-state index contributed by atoms with van der Waals surface area (Å²) in [6, 6.07) is 4.85. The van der Waals surface area contributed by atoms with E-state index in [4.69, 9.17) is 4.74 Å². The number of hydrogen-bond acceptors (Lipinski definition) is 4. The molecule has 0 fully saturated rings. The zero-order valence-corrected chi connectivity index (χ0v) is 12.3. The maximum Gasteiger partial charge on any atom is 0.387 e. The van der Waals surface area contributed by atoms with Crippen LogP contribution in [-0.4, -0.2) is 32.3 Å². The van der Waals surface area contributed by atoms with Gasteiger partial charge in [-0.25, -0.2) is 0 Å². The van der Waals surface area contributed by atoms with Crippen LogP contribution in [0.2, 0.25) is 0 Å². The summed E-state index contributed by atoms with van der Waals surface area (Å²) >= 11 is 0. The van der Waals surface area contributed by atoms with Crippen LogP contribution >= 0.6 is 0 Å². The molecule has 1 aromatic carbocycles. The maximum atomic E-state index is 12.3. The molecule has 0 aromatic heterocycles. The van der Waals surface area contributed by atoms with Crippen molar-refractivity contribution in [1.29, 1.82) is 0 Å². The summed E-state index contributed by atoms with van der Waals surface area (Å²) < 4.78 is 34.0. The Labute approximate surface area is 118 Å². The van der Waals surface area contributed by atoms with Crippen molar-refractivity contribution in [3.8, 4) is 11.5 Å². The average molecular weight is 288 g/mol. The zero-order chi connectivity index (χ0) is 15.2. The van der Waals surface area contributed by atoms with Gasteiger partial charge in [0.2, 0.25) is 0 Å². The lowest BCUT2D eigenvalue weighted by Crippen LogP contribution is -2.38. The molecule has 0 aliphatic heterocycles. The van der Waals surface area contributed by atoms with Crippen molar-refractivity contribution < 1.29 is 18.3 Å². The first-order valence-electron chi connectivity index (χ1n) is 6.43. The third kappa shape index (κ3) is 6.06. The van der Waals surface area contributed by atoms with Gasteiger partial charge in [0, 0.05) is 30.4 Å². The van der Waals surface area contributed by atoms with Crippen molar-refractivity contribution in [3.05, 3.63) is 18.2 Å². The summed E-state index contributed by atoms with van der Waals surface area (Å²) in [6.45, 7) is 4.80. The highest BCUT2D eigenvalue weighted by Crippen LogP contribution is 2.31. The van der Waals surface area contributed by atoms with E-state index in [0.29, 0.717) is 12.2 Å². The molecule has 0 heterocycles. The summed E-state index contributed by atoms with van der Waals surface area (Å²) in [5.41, 5.74) is 0.753. The number of anilines is 1. The molecule has 0 spiro atoms. The molecule has 114 valence electrons. The Hall–Kier alpha value is -1.56. The van der Waals surface area contributed by atoms with Gasteiger partial charge in [0.05, 0.1) is 7.11 Å². The predicted molar refractivity (Wildman–Crippen MR) is 75.9 cm³/mol. The molecule has 0 amide bonds. The Bertz CT molecular complexity index is 420. The van der Waals surface area contributed by atoms with Crippen LogP contribution in [0.25, 0.3) is 0 Å². The molecular weight excluding hydrogens is 266 g/mol. The normalized spacial score (nSPS) is 11.6. The van der Waals surface area contributed by atoms with Crippen LogP contribution in [0.4, 0.5) is 14.5 Å². The van der Waals surface area contributed by atoms with E-state index >= 15 is 0 Å². The third-order valence-corrected chi connectivity index (χ3v) is 2.49. The van der Waals surface area contributed by atoms with Crippen LogP contribution in [0, 0.1) is 0 Å². The minimum atomic E-state index is -2.87. The van der Waals surface area contributed by atoms with Crippen molar-refractivity contribution >= 4 is 5.69 Å². The van der Waals surface area contributed by atoms with E-state index in [-0.39, 0.29) is 17.0 Å². The van der Waals surface area contributed by atoms with Gasteiger partial charge in [-0.15, -0.1) is 0 Å². The zero-order valence-electron chi connectivity index (χ0n) is 12.3. The van der Waals surface area contributed by atoms with Gasteiger partial charge >= 0.3 is 6.61 Å². The summed E-state index contributed by atoms with van der Waals surface area (Å²) in [6.07, 6.45) is 0. The van der Waals surface area contributed by atoms with E-state index in [2.05, 4.69) is 36.1 Å². The summed E-state index contributed by atoms with van der Waals surface area (Å²) in [4.78, 5) is 0. The van der Waals surface area contributed by atoms with Gasteiger partial charge < -0.3 is 20.1 Å². The SMILES string of the molecule is COc1ccc(NCCNC(C)(C)C)cc1OC(F)F. The summed E-state index contributed by atoms with van der Waals surface area (Å²) in [7, 11) is 1.41. The lowest BCUT2D eigenvalue weighted by Gasteiger charge is -2.21. The van der Waals surface area contributed by atoms with Crippen LogP contribution in [-0.2, 0) is 0 Å². The average Bonchev–Trinajstić information content (AvgIpc) is 2.33. The van der Waals surface area contributed by atoms with Gasteiger partial charge in [-0.05, 0) is 32.9 Å². The lowest BCUT2D eigenvalue weighted by atomic mass is 10.1. The second-order valence-electron chi connectivity index (χ2n) is 5.35. The number of methoxy groups -OCH3 is 1. The first kappa shape index (κ1) is 16.5. The quantitative estimate of drug-likeness (QED) is 0.757. The van der Waals surface area contributed by atoms with Crippen molar-refractivity contribution in [2.75, 3.05) is 25.5 Å². The number of alkyl halides is 2. The van der Waals surface area contributed by atoms with Gasteiger partial charge in [0.25, 0.3) is 0 Å². The Kier molecular flexibility index (Phi) is 6.01. The Morgan fingerprint density at radius 1 is 1.15 bits per heavy atom. The second kappa shape index (κ2) is 7.28. The van der Waals surface area contributed by atoms with Crippen molar-refractivity contribution in [1.82, 2.24) is 5.32 Å². The van der Waals surface area contributed by atoms with E-state index in [9.17, 15) is 8.78 Å². The van der Waals surface area contributed by atoms with Gasteiger partial charge in [-0.2, -0.15) is 8.78 Å². The summed E-state index contributed by atoms with van der Waals surface area (Å²) in [5, 5.41) is 6.46. The number of nitrogens with one attached hydrogen (secondary N) is 2. The van der Waals surface area contributed by atoms with Gasteiger partial charge in [0.1, 0.15) is 0 Å². The fourth-order valence-corrected chi connectivity index (χ4v) is 1.62. The molecule has 0 atom stereocenters. The Morgan fingerprint density at radius 3 is 2.40 bits per heavy atom. The molecule has 0 unspecified atom stereocenters. The topological polar surface area (TPSA) is 42.5 Å². The highest BCUT2D eigenvalue weighted by Gasteiger charge is 2.11. The Balaban J connectivity index is 2.58. The van der Waals surface area contributed by atoms with Crippen molar-refractivity contribution in [2.45, 2.75) is 32.9 Å². The molecule has 4 nitrogen and oxygen atoms in total. The van der Waals surface area contributed by atoms with Crippen LogP contribution in [0.15, 0.2) is 18.2 Å². The first-order chi connectivity index (χ1) is 9.31. The monoisotopic (exact) mass is 288 g/mol. The number of ether oxygens (including phenoxy) is 2. The van der Waals surface area contributed by atoms with Gasteiger partial charge in [-0.3, -0.25) is 0 Å². The van der Waals surface area contributed by atoms with Crippen LogP contribution in [0.5, 0.6) is 11.5 Å². The molecule has 1 aromatic rings. The smallest absolute Gasteiger partial charge is 0.387 e. The van der Waals surface area contributed by atoms with Gasteiger partial charge in [-0.1, -0.05) is 0 Å². The molecule has 0 aliphatic carbocycles. The van der Waals surface area contributed by atoms with Crippen molar-refractivity contribution in [3.63, 3.8) is 0 Å². The molecule has 20 heavy (non-hydrogen) atoms. The van der Waals surface area contributed by atoms with Crippen molar-refractivity contribution in [2.24, 2.45) is 0 Å². The maximum absolute atomic E-state index is 12.3. The summed E-state index contributed by atoms with van der Waals surface area (Å²) in [5.74, 6) is 0.306. The fraction of sp³-hybridized carbons (Fsp3) is 0.571. The molecule has 0 radical (unpaired) electrons. The van der Waals surface area contributed by atoms with Crippen LogP contribution in [0.3, 0.4) is 0 Å². The fourth-order valence-electron chi connectivity index (χ4n) is 1.62. The van der Waals surface area contributed by atoms with E-state index in [1.165, 1.54) is 13.2 Å². The second-order valence-corrected chi connectivity index (χ2v) is 5.35. The number of hydrogen-bond donors (Lipinski definition) is 2. The minimum absolute atomic E-state index is 0.0243. The van der Waals surface area contributed by atoms with E-state index < -0.39 is 6.61 Å². The van der Waals surface area contributed by atoms with E-state index in [1.54, 1.807) is 12.1 Å². The molecule has 1 rings (SSSR count). The number of halogens is 2. The Morgan fingerprint density at radius 2 is 1.85 bits per heavy atom. The van der Waals surface area contributed by atoms with Crippen LogP contribution < -0.4 is 20.1 Å². The molecule has 0 saturated carbocycles. The highest BCUT2D eigenvalue weighted by molar-refractivity contribution is 5.54. The highest BCUT2D eigenvalue weighted by atomic mass is 19.3. The van der Waals surface area contributed by atoms with Crippen LogP contribution in [0.1, 0.15) is 20.8 Å². The molecule has 2 N–H and O–H groups in total. The molecule has 6 heteroatoms. The minimum Gasteiger partial charge on any atom is -0.493 e. The molecule has 0 bridgehead atoms. The standard InChI is InChI=1S/C14H22F2N2O2/c1-14(2,3)18-8-7-17-10-5-6-11(19-4)12(9-10)20-13(15)16/h5-6,9,13,17-18H,7-8H2,1-4H3. The predicted octanol–water partition coefficient (Wildman–Crippen LogP) is 3.10. The number of rotatable bonds is 7.